The Bertz CT molecular complexity index is 634. The van der Waals surface area contributed by atoms with Crippen molar-refractivity contribution < 1.29 is 13.2 Å². The van der Waals surface area contributed by atoms with Gasteiger partial charge in [0.1, 0.15) is 0 Å². The van der Waals surface area contributed by atoms with E-state index in [1.807, 2.05) is 6.07 Å². The maximum atomic E-state index is 12.1. The van der Waals surface area contributed by atoms with E-state index in [2.05, 4.69) is 34.5 Å². The SMILES string of the molecule is CN(CCNC(=O)CN1CCCC(c2ccccc2)C1)S(C)(=O)=O. The summed E-state index contributed by atoms with van der Waals surface area (Å²) in [6.07, 6.45) is 3.40. The Kier molecular flexibility index (Phi) is 6.77. The van der Waals surface area contributed by atoms with Gasteiger partial charge in [0.15, 0.2) is 0 Å². The zero-order chi connectivity index (χ0) is 17.6. The number of hydrogen-bond donors (Lipinski definition) is 1. The smallest absolute Gasteiger partial charge is 0.234 e. The number of carbonyl (C=O) groups excluding carboxylic acids is 1. The summed E-state index contributed by atoms with van der Waals surface area (Å²) >= 11 is 0. The molecule has 2 rings (SSSR count). The van der Waals surface area contributed by atoms with Crippen LogP contribution in [0.25, 0.3) is 0 Å². The highest BCUT2D eigenvalue weighted by Gasteiger charge is 2.22. The van der Waals surface area contributed by atoms with Gasteiger partial charge >= 0.3 is 0 Å². The van der Waals surface area contributed by atoms with Gasteiger partial charge in [-0.1, -0.05) is 30.3 Å². The van der Waals surface area contributed by atoms with E-state index in [4.69, 9.17) is 0 Å². The van der Waals surface area contributed by atoms with E-state index in [-0.39, 0.29) is 12.5 Å². The lowest BCUT2D eigenvalue weighted by molar-refractivity contribution is -0.122. The van der Waals surface area contributed by atoms with E-state index < -0.39 is 10.0 Å². The molecule has 1 unspecified atom stereocenters. The van der Waals surface area contributed by atoms with Crippen LogP contribution in [0.1, 0.15) is 24.3 Å². The molecule has 24 heavy (non-hydrogen) atoms. The van der Waals surface area contributed by atoms with Crippen molar-refractivity contribution in [3.05, 3.63) is 35.9 Å². The van der Waals surface area contributed by atoms with Gasteiger partial charge in [0, 0.05) is 26.7 Å². The number of rotatable bonds is 7. The maximum absolute atomic E-state index is 12.1. The molecule has 0 aliphatic carbocycles. The van der Waals surface area contributed by atoms with Crippen molar-refractivity contribution in [1.82, 2.24) is 14.5 Å². The second-order valence-electron chi connectivity index (χ2n) is 6.42. The first-order valence-corrected chi connectivity index (χ1v) is 10.2. The molecule has 1 aliphatic rings. The van der Waals surface area contributed by atoms with E-state index in [9.17, 15) is 13.2 Å². The summed E-state index contributed by atoms with van der Waals surface area (Å²) in [7, 11) is -1.68. The fourth-order valence-corrected chi connectivity index (χ4v) is 3.40. The van der Waals surface area contributed by atoms with Crippen molar-refractivity contribution >= 4 is 15.9 Å². The van der Waals surface area contributed by atoms with E-state index in [1.54, 1.807) is 0 Å². The van der Waals surface area contributed by atoms with Crippen LogP contribution in [0.15, 0.2) is 30.3 Å². The Hall–Kier alpha value is -1.44. The second-order valence-corrected chi connectivity index (χ2v) is 8.51. The molecule has 134 valence electrons. The monoisotopic (exact) mass is 353 g/mol. The number of hydrogen-bond acceptors (Lipinski definition) is 4. The van der Waals surface area contributed by atoms with Crippen molar-refractivity contribution in [3.63, 3.8) is 0 Å². The zero-order valence-corrected chi connectivity index (χ0v) is 15.3. The van der Waals surface area contributed by atoms with Gasteiger partial charge in [0.25, 0.3) is 0 Å². The van der Waals surface area contributed by atoms with E-state index >= 15 is 0 Å². The molecule has 0 aromatic heterocycles. The number of benzene rings is 1. The van der Waals surface area contributed by atoms with Crippen molar-refractivity contribution in [3.8, 4) is 0 Å². The average Bonchev–Trinajstić information content (AvgIpc) is 2.55. The molecule has 1 aromatic carbocycles. The molecule has 0 saturated carbocycles. The van der Waals surface area contributed by atoms with Crippen LogP contribution in [0.3, 0.4) is 0 Å². The first-order chi connectivity index (χ1) is 11.4. The van der Waals surface area contributed by atoms with Crippen LogP contribution in [-0.4, -0.2) is 69.6 Å². The highest BCUT2D eigenvalue weighted by Crippen LogP contribution is 2.26. The Labute approximate surface area is 144 Å². The first-order valence-electron chi connectivity index (χ1n) is 8.31. The average molecular weight is 353 g/mol. The quantitative estimate of drug-likeness (QED) is 0.790. The van der Waals surface area contributed by atoms with Gasteiger partial charge in [0.05, 0.1) is 12.8 Å². The van der Waals surface area contributed by atoms with Gasteiger partial charge in [-0.15, -0.1) is 0 Å². The van der Waals surface area contributed by atoms with Crippen LogP contribution >= 0.6 is 0 Å². The fraction of sp³-hybridized carbons (Fsp3) is 0.588. The lowest BCUT2D eigenvalue weighted by Crippen LogP contribution is -2.43. The number of amides is 1. The van der Waals surface area contributed by atoms with E-state index in [1.165, 1.54) is 16.9 Å². The molecule has 1 fully saturated rings. The summed E-state index contributed by atoms with van der Waals surface area (Å²) in [6.45, 7) is 2.81. The number of carbonyl (C=O) groups is 1. The normalized spacial score (nSPS) is 19.4. The lowest BCUT2D eigenvalue weighted by atomic mass is 9.91. The minimum absolute atomic E-state index is 0.0504. The van der Waals surface area contributed by atoms with Crippen LogP contribution in [0.2, 0.25) is 0 Å². The van der Waals surface area contributed by atoms with Gasteiger partial charge in [-0.3, -0.25) is 9.69 Å². The molecule has 1 amide bonds. The van der Waals surface area contributed by atoms with Crippen LogP contribution in [0, 0.1) is 0 Å². The molecule has 7 heteroatoms. The summed E-state index contributed by atoms with van der Waals surface area (Å²) in [5, 5.41) is 2.80. The van der Waals surface area contributed by atoms with Crippen LogP contribution in [0.4, 0.5) is 0 Å². The molecule has 1 saturated heterocycles. The molecular formula is C17H27N3O3S. The first kappa shape index (κ1) is 18.9. The van der Waals surface area contributed by atoms with Crippen molar-refractivity contribution in [2.75, 3.05) is 46.0 Å². The van der Waals surface area contributed by atoms with Gasteiger partial charge in [-0.25, -0.2) is 12.7 Å². The third-order valence-corrected chi connectivity index (χ3v) is 5.77. The van der Waals surface area contributed by atoms with Crippen LogP contribution < -0.4 is 5.32 Å². The third kappa shape index (κ3) is 5.89. The summed E-state index contributed by atoms with van der Waals surface area (Å²) < 4.78 is 23.8. The maximum Gasteiger partial charge on any atom is 0.234 e. The van der Waals surface area contributed by atoms with Gasteiger partial charge in [-0.05, 0) is 30.9 Å². The van der Waals surface area contributed by atoms with Crippen molar-refractivity contribution in [1.29, 1.82) is 0 Å². The standard InChI is InChI=1S/C17H27N3O3S/c1-19(24(2,22)23)12-10-18-17(21)14-20-11-6-9-16(13-20)15-7-4-3-5-8-15/h3-5,7-8,16H,6,9-14H2,1-2H3,(H,18,21). The molecule has 1 aliphatic heterocycles. The number of nitrogens with zero attached hydrogens (tertiary/aromatic N) is 2. The van der Waals surface area contributed by atoms with Gasteiger partial charge in [-0.2, -0.15) is 0 Å². The molecule has 1 aromatic rings. The molecule has 1 N–H and O–H groups in total. The van der Waals surface area contributed by atoms with Crippen molar-refractivity contribution in [2.24, 2.45) is 0 Å². The zero-order valence-electron chi connectivity index (χ0n) is 14.4. The van der Waals surface area contributed by atoms with E-state index in [0.29, 0.717) is 19.0 Å². The molecule has 1 atom stereocenters. The lowest BCUT2D eigenvalue weighted by Gasteiger charge is -2.32. The van der Waals surface area contributed by atoms with Gasteiger partial charge < -0.3 is 5.32 Å². The third-order valence-electron chi connectivity index (χ3n) is 4.46. The number of likely N-dealkylation sites (N-methyl/N-ethyl adjacent to an activating group) is 1. The van der Waals surface area contributed by atoms with Gasteiger partial charge in [0.2, 0.25) is 15.9 Å². The molecule has 0 bridgehead atoms. The largest absolute Gasteiger partial charge is 0.354 e. The molecule has 6 nitrogen and oxygen atoms in total. The van der Waals surface area contributed by atoms with Crippen LogP contribution in [-0.2, 0) is 14.8 Å². The summed E-state index contributed by atoms with van der Waals surface area (Å²) in [4.78, 5) is 14.2. The number of sulfonamides is 1. The highest BCUT2D eigenvalue weighted by atomic mass is 32.2. The molecular weight excluding hydrogens is 326 g/mol. The fourth-order valence-electron chi connectivity index (χ4n) is 2.97. The minimum Gasteiger partial charge on any atom is -0.354 e. The number of likely N-dealkylation sites (tertiary alicyclic amines) is 1. The summed E-state index contributed by atoms with van der Waals surface area (Å²) in [5.41, 5.74) is 1.33. The number of nitrogens with one attached hydrogen (secondary N) is 1. The van der Waals surface area contributed by atoms with Crippen molar-refractivity contribution in [2.45, 2.75) is 18.8 Å². The molecule has 1 heterocycles. The predicted molar refractivity (Wildman–Crippen MR) is 95.3 cm³/mol. The Balaban J connectivity index is 1.75. The molecule has 0 spiro atoms. The topological polar surface area (TPSA) is 69.7 Å². The highest BCUT2D eigenvalue weighted by molar-refractivity contribution is 7.88. The Morgan fingerprint density at radius 1 is 1.33 bits per heavy atom. The number of piperidine rings is 1. The van der Waals surface area contributed by atoms with E-state index in [0.717, 1.165) is 32.2 Å². The Morgan fingerprint density at radius 3 is 2.71 bits per heavy atom. The molecule has 0 radical (unpaired) electrons. The minimum atomic E-state index is -3.19. The Morgan fingerprint density at radius 2 is 2.04 bits per heavy atom. The summed E-state index contributed by atoms with van der Waals surface area (Å²) in [5.74, 6) is 0.426. The summed E-state index contributed by atoms with van der Waals surface area (Å²) in [6, 6.07) is 10.4. The second kappa shape index (κ2) is 8.60. The van der Waals surface area contributed by atoms with Crippen LogP contribution in [0.5, 0.6) is 0 Å². The predicted octanol–water partition coefficient (Wildman–Crippen LogP) is 0.874.